The number of benzene rings is 2. The molecule has 2 rings (SSSR count). The third kappa shape index (κ3) is 4.38. The Kier molecular flexibility index (Phi) is 5.58. The van der Waals surface area contributed by atoms with Crippen molar-refractivity contribution in [3.63, 3.8) is 0 Å². The highest BCUT2D eigenvalue weighted by atomic mass is 16.6. The number of nitro benzene ring substituents is 2. The minimum atomic E-state index is -0.791. The number of nitrogens with zero attached hydrogens (tertiary/aromatic N) is 2. The Labute approximate surface area is 146 Å². The van der Waals surface area contributed by atoms with Crippen LogP contribution in [0.2, 0.25) is 0 Å². The van der Waals surface area contributed by atoms with Crippen LogP contribution in [-0.4, -0.2) is 28.3 Å². The van der Waals surface area contributed by atoms with E-state index in [2.05, 4.69) is 5.32 Å². The van der Waals surface area contributed by atoms with Gasteiger partial charge in [0, 0.05) is 35.5 Å². The first-order valence-corrected chi connectivity index (χ1v) is 7.34. The van der Waals surface area contributed by atoms with Crippen molar-refractivity contribution in [2.45, 2.75) is 6.92 Å². The molecule has 0 aliphatic heterocycles. The Morgan fingerprint density at radius 3 is 2.08 bits per heavy atom. The summed E-state index contributed by atoms with van der Waals surface area (Å²) in [6, 6.07) is 8.25. The molecular formula is C16H13N3O7. The normalized spacial score (nSPS) is 10.0. The van der Waals surface area contributed by atoms with Crippen LogP contribution in [0.3, 0.4) is 0 Å². The van der Waals surface area contributed by atoms with Crippen LogP contribution >= 0.6 is 0 Å². The van der Waals surface area contributed by atoms with E-state index in [0.29, 0.717) is 0 Å². The van der Waals surface area contributed by atoms with Crippen molar-refractivity contribution < 1.29 is 24.2 Å². The van der Waals surface area contributed by atoms with E-state index < -0.39 is 27.4 Å². The van der Waals surface area contributed by atoms with Gasteiger partial charge in [-0.2, -0.15) is 0 Å². The SMILES string of the molecule is CCOC(=O)c1cc(C(=O)Nc2ccc([N+](=O)[O-])cc2)cc([N+](=O)[O-])c1. The fourth-order valence-electron chi connectivity index (χ4n) is 2.05. The number of hydrogen-bond donors (Lipinski definition) is 1. The molecule has 0 fully saturated rings. The molecule has 0 atom stereocenters. The predicted octanol–water partition coefficient (Wildman–Crippen LogP) is 2.93. The first-order chi connectivity index (χ1) is 12.3. The fraction of sp³-hybridized carbons (Fsp3) is 0.125. The van der Waals surface area contributed by atoms with E-state index >= 15 is 0 Å². The summed E-state index contributed by atoms with van der Waals surface area (Å²) in [5, 5.41) is 24.1. The van der Waals surface area contributed by atoms with Crippen LogP contribution in [0.15, 0.2) is 42.5 Å². The molecule has 0 saturated carbocycles. The predicted molar refractivity (Wildman–Crippen MR) is 90.1 cm³/mol. The second-order valence-electron chi connectivity index (χ2n) is 5.00. The zero-order chi connectivity index (χ0) is 19.3. The number of rotatable bonds is 6. The summed E-state index contributed by atoms with van der Waals surface area (Å²) in [6.45, 7) is 1.66. The highest BCUT2D eigenvalue weighted by Gasteiger charge is 2.19. The number of carbonyl (C=O) groups excluding carboxylic acids is 2. The molecule has 10 heteroatoms. The molecule has 0 unspecified atom stereocenters. The number of hydrogen-bond acceptors (Lipinski definition) is 7. The van der Waals surface area contributed by atoms with E-state index in [0.717, 1.165) is 12.1 Å². The van der Waals surface area contributed by atoms with Crippen LogP contribution in [0.4, 0.5) is 17.1 Å². The average molecular weight is 359 g/mol. The summed E-state index contributed by atoms with van der Waals surface area (Å²) in [4.78, 5) is 44.5. The minimum absolute atomic E-state index is 0.0752. The highest BCUT2D eigenvalue weighted by Crippen LogP contribution is 2.20. The molecule has 26 heavy (non-hydrogen) atoms. The van der Waals surface area contributed by atoms with Gasteiger partial charge in [-0.3, -0.25) is 25.0 Å². The van der Waals surface area contributed by atoms with Crippen molar-refractivity contribution in [1.29, 1.82) is 0 Å². The van der Waals surface area contributed by atoms with Gasteiger partial charge in [-0.05, 0) is 25.1 Å². The molecule has 0 saturated heterocycles. The van der Waals surface area contributed by atoms with Gasteiger partial charge in [0.2, 0.25) is 0 Å². The number of nitro groups is 2. The van der Waals surface area contributed by atoms with Crippen molar-refractivity contribution in [2.75, 3.05) is 11.9 Å². The molecule has 0 heterocycles. The fourth-order valence-corrected chi connectivity index (χ4v) is 2.05. The van der Waals surface area contributed by atoms with Gasteiger partial charge in [-0.25, -0.2) is 4.79 Å². The van der Waals surface area contributed by atoms with Gasteiger partial charge in [0.05, 0.1) is 22.0 Å². The number of anilines is 1. The molecule has 134 valence electrons. The van der Waals surface area contributed by atoms with Crippen molar-refractivity contribution >= 4 is 28.9 Å². The Morgan fingerprint density at radius 2 is 1.54 bits per heavy atom. The summed E-state index contributed by atoms with van der Waals surface area (Å²) in [7, 11) is 0. The molecule has 0 spiro atoms. The number of nitrogens with one attached hydrogen (secondary N) is 1. The Morgan fingerprint density at radius 1 is 0.962 bits per heavy atom. The van der Waals surface area contributed by atoms with Crippen molar-refractivity contribution in [2.24, 2.45) is 0 Å². The topological polar surface area (TPSA) is 142 Å². The average Bonchev–Trinajstić information content (AvgIpc) is 2.61. The van der Waals surface area contributed by atoms with Gasteiger partial charge in [0.1, 0.15) is 0 Å². The van der Waals surface area contributed by atoms with E-state index in [-0.39, 0.29) is 29.1 Å². The van der Waals surface area contributed by atoms with E-state index in [1.165, 1.54) is 30.3 Å². The van der Waals surface area contributed by atoms with Crippen LogP contribution in [-0.2, 0) is 4.74 Å². The minimum Gasteiger partial charge on any atom is -0.462 e. The summed E-state index contributed by atoms with van der Waals surface area (Å²) in [5.41, 5.74) is -0.590. The zero-order valence-corrected chi connectivity index (χ0v) is 13.5. The lowest BCUT2D eigenvalue weighted by Gasteiger charge is -2.07. The van der Waals surface area contributed by atoms with Gasteiger partial charge >= 0.3 is 5.97 Å². The molecule has 1 N–H and O–H groups in total. The maximum absolute atomic E-state index is 12.3. The van der Waals surface area contributed by atoms with Gasteiger partial charge in [-0.1, -0.05) is 0 Å². The maximum atomic E-state index is 12.3. The van der Waals surface area contributed by atoms with Crippen molar-refractivity contribution in [1.82, 2.24) is 0 Å². The smallest absolute Gasteiger partial charge is 0.338 e. The summed E-state index contributed by atoms with van der Waals surface area (Å²) >= 11 is 0. The molecule has 0 bridgehead atoms. The monoisotopic (exact) mass is 359 g/mol. The first kappa shape index (κ1) is 18.5. The van der Waals surface area contributed by atoms with Crippen LogP contribution in [0.5, 0.6) is 0 Å². The van der Waals surface area contributed by atoms with Gasteiger partial charge in [0.15, 0.2) is 0 Å². The number of esters is 1. The summed E-state index contributed by atoms with van der Waals surface area (Å²) in [5.74, 6) is -1.51. The first-order valence-electron chi connectivity index (χ1n) is 7.34. The number of amides is 1. The van der Waals surface area contributed by atoms with Crippen LogP contribution in [0, 0.1) is 20.2 Å². The van der Waals surface area contributed by atoms with Crippen LogP contribution in [0.25, 0.3) is 0 Å². The van der Waals surface area contributed by atoms with Gasteiger partial charge in [0.25, 0.3) is 17.3 Å². The van der Waals surface area contributed by atoms with E-state index in [1.807, 2.05) is 0 Å². The number of non-ortho nitro benzene ring substituents is 2. The third-order valence-corrected chi connectivity index (χ3v) is 3.24. The molecule has 0 radical (unpaired) electrons. The summed E-state index contributed by atoms with van der Waals surface area (Å²) in [6.07, 6.45) is 0. The Bertz CT molecular complexity index is 878. The van der Waals surface area contributed by atoms with E-state index in [1.54, 1.807) is 6.92 Å². The van der Waals surface area contributed by atoms with Gasteiger partial charge < -0.3 is 10.1 Å². The molecule has 10 nitrogen and oxygen atoms in total. The molecule has 0 aromatic heterocycles. The molecule has 0 aliphatic carbocycles. The van der Waals surface area contributed by atoms with E-state index in [4.69, 9.17) is 4.74 Å². The second-order valence-corrected chi connectivity index (χ2v) is 5.00. The molecule has 0 aliphatic rings. The lowest BCUT2D eigenvalue weighted by molar-refractivity contribution is -0.385. The molecule has 2 aromatic carbocycles. The number of ether oxygens (including phenoxy) is 1. The van der Waals surface area contributed by atoms with Crippen LogP contribution in [0.1, 0.15) is 27.6 Å². The zero-order valence-electron chi connectivity index (χ0n) is 13.5. The lowest BCUT2D eigenvalue weighted by Crippen LogP contribution is -2.14. The van der Waals surface area contributed by atoms with E-state index in [9.17, 15) is 29.8 Å². The molecular weight excluding hydrogens is 346 g/mol. The quantitative estimate of drug-likeness (QED) is 0.474. The molecule has 1 amide bonds. The van der Waals surface area contributed by atoms with Crippen molar-refractivity contribution in [3.8, 4) is 0 Å². The van der Waals surface area contributed by atoms with Crippen LogP contribution < -0.4 is 5.32 Å². The Hall–Kier alpha value is -3.82. The summed E-state index contributed by atoms with van der Waals surface area (Å²) < 4.78 is 4.79. The molecule has 2 aromatic rings. The number of carbonyl (C=O) groups is 2. The Balaban J connectivity index is 2.30. The second kappa shape index (κ2) is 7.83. The maximum Gasteiger partial charge on any atom is 0.338 e. The standard InChI is InChI=1S/C16H13N3O7/c1-2-26-16(21)11-7-10(8-14(9-11)19(24)25)15(20)17-12-3-5-13(6-4-12)18(22)23/h3-9H,2H2,1H3,(H,17,20). The van der Waals surface area contributed by atoms with Crippen molar-refractivity contribution in [3.05, 3.63) is 73.8 Å². The third-order valence-electron chi connectivity index (χ3n) is 3.24. The lowest BCUT2D eigenvalue weighted by atomic mass is 10.1. The largest absolute Gasteiger partial charge is 0.462 e. The van der Waals surface area contributed by atoms with Gasteiger partial charge in [-0.15, -0.1) is 0 Å². The highest BCUT2D eigenvalue weighted by molar-refractivity contribution is 6.06.